The number of carbonyl (C=O) groups is 1. The van der Waals surface area contributed by atoms with Gasteiger partial charge in [-0.05, 0) is 24.7 Å². The first-order valence-electron chi connectivity index (χ1n) is 4.71. The Hall–Kier alpha value is -0.570. The van der Waals surface area contributed by atoms with Gasteiger partial charge in [0.25, 0.3) is 0 Å². The van der Waals surface area contributed by atoms with Gasteiger partial charge in [-0.1, -0.05) is 6.42 Å². The summed E-state index contributed by atoms with van der Waals surface area (Å²) in [6, 6.07) is 0.0790. The minimum Gasteiger partial charge on any atom is -0.358 e. The molecule has 1 spiro atoms. The van der Waals surface area contributed by atoms with Gasteiger partial charge in [-0.25, -0.2) is 0 Å². The zero-order valence-corrected chi connectivity index (χ0v) is 7.52. The third kappa shape index (κ3) is 1.12. The van der Waals surface area contributed by atoms with Crippen LogP contribution in [0.15, 0.2) is 0 Å². The van der Waals surface area contributed by atoms with E-state index in [1.54, 1.807) is 7.05 Å². The van der Waals surface area contributed by atoms with E-state index >= 15 is 0 Å². The van der Waals surface area contributed by atoms with E-state index in [9.17, 15) is 4.79 Å². The Balaban J connectivity index is 1.93. The highest BCUT2D eigenvalue weighted by atomic mass is 16.2. The van der Waals surface area contributed by atoms with E-state index in [2.05, 4.69) is 10.6 Å². The summed E-state index contributed by atoms with van der Waals surface area (Å²) < 4.78 is 0. The van der Waals surface area contributed by atoms with Gasteiger partial charge in [0.1, 0.15) is 0 Å². The van der Waals surface area contributed by atoms with Crippen molar-refractivity contribution in [2.24, 2.45) is 5.41 Å². The van der Waals surface area contributed by atoms with Crippen LogP contribution in [0, 0.1) is 5.41 Å². The van der Waals surface area contributed by atoms with Gasteiger partial charge >= 0.3 is 0 Å². The number of nitrogens with one attached hydrogen (secondary N) is 2. The molecule has 0 aromatic carbocycles. The summed E-state index contributed by atoms with van der Waals surface area (Å²) in [6.07, 6.45) is 5.02. The van der Waals surface area contributed by atoms with Gasteiger partial charge in [-0.3, -0.25) is 4.79 Å². The van der Waals surface area contributed by atoms with Gasteiger partial charge in [0, 0.05) is 13.6 Å². The lowest BCUT2D eigenvalue weighted by molar-refractivity contribution is -0.122. The summed E-state index contributed by atoms with van der Waals surface area (Å²) in [4.78, 5) is 11.3. The summed E-state index contributed by atoms with van der Waals surface area (Å²) in [5.74, 6) is 0.152. The molecule has 3 nitrogen and oxygen atoms in total. The van der Waals surface area contributed by atoms with Gasteiger partial charge in [0.2, 0.25) is 5.91 Å². The van der Waals surface area contributed by atoms with E-state index < -0.39 is 0 Å². The third-order valence-electron chi connectivity index (χ3n) is 3.34. The van der Waals surface area contributed by atoms with Gasteiger partial charge < -0.3 is 10.6 Å². The normalized spacial score (nSPS) is 31.6. The molecule has 12 heavy (non-hydrogen) atoms. The Morgan fingerprint density at radius 1 is 1.58 bits per heavy atom. The molecule has 1 atom stereocenters. The molecule has 2 fully saturated rings. The summed E-state index contributed by atoms with van der Waals surface area (Å²) in [5.41, 5.74) is 0.497. The maximum Gasteiger partial charge on any atom is 0.236 e. The van der Waals surface area contributed by atoms with E-state index in [0.717, 1.165) is 13.0 Å². The fraction of sp³-hybridized carbons (Fsp3) is 0.889. The van der Waals surface area contributed by atoms with Crippen LogP contribution in [0.5, 0.6) is 0 Å². The molecular weight excluding hydrogens is 152 g/mol. The van der Waals surface area contributed by atoms with Crippen LogP contribution in [-0.4, -0.2) is 25.5 Å². The van der Waals surface area contributed by atoms with Crippen molar-refractivity contribution in [2.75, 3.05) is 13.6 Å². The summed E-state index contributed by atoms with van der Waals surface area (Å²) in [7, 11) is 1.70. The van der Waals surface area contributed by atoms with E-state index in [4.69, 9.17) is 0 Å². The topological polar surface area (TPSA) is 41.1 Å². The highest BCUT2D eigenvalue weighted by Gasteiger charge is 2.45. The molecule has 1 saturated carbocycles. The Morgan fingerprint density at radius 3 is 2.75 bits per heavy atom. The van der Waals surface area contributed by atoms with Gasteiger partial charge in [-0.15, -0.1) is 0 Å². The largest absolute Gasteiger partial charge is 0.358 e. The quantitative estimate of drug-likeness (QED) is 0.590. The number of likely N-dealkylation sites (N-methyl/N-ethyl adjacent to an activating group) is 1. The second-order valence-electron chi connectivity index (χ2n) is 4.11. The maximum absolute atomic E-state index is 11.3. The fourth-order valence-corrected chi connectivity index (χ4v) is 2.33. The summed E-state index contributed by atoms with van der Waals surface area (Å²) in [5, 5.41) is 5.98. The van der Waals surface area contributed by atoms with Crippen molar-refractivity contribution in [3.8, 4) is 0 Å². The molecule has 0 aromatic rings. The van der Waals surface area contributed by atoms with Crippen molar-refractivity contribution in [2.45, 2.75) is 31.7 Å². The van der Waals surface area contributed by atoms with Crippen LogP contribution in [0.3, 0.4) is 0 Å². The summed E-state index contributed by atoms with van der Waals surface area (Å²) >= 11 is 0. The summed E-state index contributed by atoms with van der Waals surface area (Å²) in [6.45, 7) is 1.05. The molecule has 2 rings (SSSR count). The minimum absolute atomic E-state index is 0.0790. The first-order valence-corrected chi connectivity index (χ1v) is 4.71. The molecule has 1 aliphatic heterocycles. The Kier molecular flexibility index (Phi) is 1.83. The van der Waals surface area contributed by atoms with Crippen molar-refractivity contribution in [1.82, 2.24) is 10.6 Å². The molecule has 1 saturated heterocycles. The standard InChI is InChI=1S/C9H16N2O/c1-10-8(12)7-5-9(6-11-7)3-2-4-9/h7,11H,2-6H2,1H3,(H,10,12)/t7-/m1/s1. The monoisotopic (exact) mass is 168 g/mol. The zero-order valence-electron chi connectivity index (χ0n) is 7.52. The second-order valence-corrected chi connectivity index (χ2v) is 4.11. The fourth-order valence-electron chi connectivity index (χ4n) is 2.33. The zero-order chi connectivity index (χ0) is 8.60. The molecule has 0 aromatic heterocycles. The van der Waals surface area contributed by atoms with Crippen LogP contribution in [0.2, 0.25) is 0 Å². The molecule has 1 heterocycles. The van der Waals surface area contributed by atoms with E-state index in [-0.39, 0.29) is 11.9 Å². The number of carbonyl (C=O) groups excluding carboxylic acids is 1. The molecule has 3 heteroatoms. The average molecular weight is 168 g/mol. The van der Waals surface area contributed by atoms with Gasteiger partial charge in [0.05, 0.1) is 6.04 Å². The Labute approximate surface area is 72.9 Å². The van der Waals surface area contributed by atoms with Crippen LogP contribution in [0.1, 0.15) is 25.7 Å². The molecule has 0 radical (unpaired) electrons. The molecule has 1 amide bonds. The molecule has 1 aliphatic carbocycles. The van der Waals surface area contributed by atoms with Crippen molar-refractivity contribution in [3.05, 3.63) is 0 Å². The third-order valence-corrected chi connectivity index (χ3v) is 3.34. The smallest absolute Gasteiger partial charge is 0.236 e. The van der Waals surface area contributed by atoms with E-state index in [0.29, 0.717) is 5.41 Å². The van der Waals surface area contributed by atoms with Crippen molar-refractivity contribution < 1.29 is 4.79 Å². The van der Waals surface area contributed by atoms with Crippen molar-refractivity contribution in [3.63, 3.8) is 0 Å². The molecular formula is C9H16N2O. The van der Waals surface area contributed by atoms with Crippen LogP contribution in [0.4, 0.5) is 0 Å². The first-order chi connectivity index (χ1) is 5.76. The number of hydrogen-bond donors (Lipinski definition) is 2. The van der Waals surface area contributed by atoms with Gasteiger partial charge in [0.15, 0.2) is 0 Å². The van der Waals surface area contributed by atoms with Crippen LogP contribution >= 0.6 is 0 Å². The molecule has 0 bridgehead atoms. The second kappa shape index (κ2) is 2.73. The average Bonchev–Trinajstić information content (AvgIpc) is 2.46. The lowest BCUT2D eigenvalue weighted by atomic mass is 9.67. The van der Waals surface area contributed by atoms with E-state index in [1.165, 1.54) is 19.3 Å². The minimum atomic E-state index is 0.0790. The maximum atomic E-state index is 11.3. The predicted molar refractivity (Wildman–Crippen MR) is 46.8 cm³/mol. The van der Waals surface area contributed by atoms with Gasteiger partial charge in [-0.2, -0.15) is 0 Å². The molecule has 2 N–H and O–H groups in total. The number of amides is 1. The van der Waals surface area contributed by atoms with E-state index in [1.807, 2.05) is 0 Å². The molecule has 0 unspecified atom stereocenters. The van der Waals surface area contributed by atoms with Crippen LogP contribution in [0.25, 0.3) is 0 Å². The lowest BCUT2D eigenvalue weighted by Crippen LogP contribution is -2.38. The predicted octanol–water partition coefficient (Wildman–Crippen LogP) is 0.265. The Morgan fingerprint density at radius 2 is 2.33 bits per heavy atom. The highest BCUT2D eigenvalue weighted by molar-refractivity contribution is 5.81. The molecule has 2 aliphatic rings. The number of hydrogen-bond acceptors (Lipinski definition) is 2. The first kappa shape index (κ1) is 8.05. The molecule has 68 valence electrons. The van der Waals surface area contributed by atoms with Crippen LogP contribution < -0.4 is 10.6 Å². The lowest BCUT2D eigenvalue weighted by Gasteiger charge is -2.37. The SMILES string of the molecule is CNC(=O)[C@H]1CC2(CCC2)CN1. The van der Waals surface area contributed by atoms with Crippen molar-refractivity contribution in [1.29, 1.82) is 0 Å². The van der Waals surface area contributed by atoms with Crippen LogP contribution in [-0.2, 0) is 4.79 Å². The number of rotatable bonds is 1. The highest BCUT2D eigenvalue weighted by Crippen LogP contribution is 2.46. The Bertz CT molecular complexity index is 199. The van der Waals surface area contributed by atoms with Crippen molar-refractivity contribution >= 4 is 5.91 Å².